The Kier molecular flexibility index (Phi) is 12.2. The van der Waals surface area contributed by atoms with Crippen LogP contribution in [0.4, 0.5) is 0 Å². The van der Waals surface area contributed by atoms with Crippen molar-refractivity contribution in [3.8, 4) is 0 Å². The monoisotopic (exact) mass is 476 g/mol. The summed E-state index contributed by atoms with van der Waals surface area (Å²) in [5.74, 6) is 0. The van der Waals surface area contributed by atoms with Gasteiger partial charge < -0.3 is 15.6 Å². The van der Waals surface area contributed by atoms with Gasteiger partial charge in [0.25, 0.3) is 0 Å². The molecule has 0 unspecified atom stereocenters. The molecule has 3 aromatic heterocycles. The van der Waals surface area contributed by atoms with Crippen LogP contribution in [0.25, 0.3) is 0 Å². The molecule has 0 spiro atoms. The van der Waals surface area contributed by atoms with Crippen LogP contribution in [-0.4, -0.2) is 44.8 Å². The molecule has 3 N–H and O–H groups in total. The summed E-state index contributed by atoms with van der Waals surface area (Å²) >= 11 is 0. The second-order valence-corrected chi connectivity index (χ2v) is 5.70. The molecule has 3 aromatic rings. The van der Waals surface area contributed by atoms with E-state index in [2.05, 4.69) is 15.0 Å². The van der Waals surface area contributed by atoms with Crippen LogP contribution in [0.3, 0.4) is 0 Å². The molecule has 0 bridgehead atoms. The topological polar surface area (TPSA) is 165 Å². The molecule has 0 radical (unpaired) electrons. The van der Waals surface area contributed by atoms with Crippen LogP contribution >= 0.6 is 0 Å². The first kappa shape index (κ1) is 27.6. The molecule has 170 valence electrons. The summed E-state index contributed by atoms with van der Waals surface area (Å²) in [6.07, 6.45) is 5.97. The summed E-state index contributed by atoms with van der Waals surface area (Å²) in [5.41, 5.74) is 0.193. The summed E-state index contributed by atoms with van der Waals surface area (Å²) in [4.78, 5) is 42.4. The van der Waals surface area contributed by atoms with E-state index in [4.69, 9.17) is 15.6 Å². The van der Waals surface area contributed by atoms with Crippen LogP contribution in [0.15, 0.2) is 51.2 Å². The summed E-state index contributed by atoms with van der Waals surface area (Å²) in [6.45, 7) is 5.68. The normalized spacial score (nSPS) is 9.39. The summed E-state index contributed by atoms with van der Waals surface area (Å²) in [7, 11) is 0. The fourth-order valence-corrected chi connectivity index (χ4v) is 1.89. The average molecular weight is 476 g/mol. The zero-order valence-corrected chi connectivity index (χ0v) is 18.3. The van der Waals surface area contributed by atoms with Crippen LogP contribution in [0.1, 0.15) is 37.9 Å². The van der Waals surface area contributed by atoms with Crippen molar-refractivity contribution in [2.45, 2.75) is 40.0 Å². The molecule has 0 aliphatic carbocycles. The number of aryl methyl sites for hydroxylation is 3. The van der Waals surface area contributed by atoms with E-state index in [1.54, 1.807) is 18.2 Å². The van der Waals surface area contributed by atoms with Crippen molar-refractivity contribution in [3.05, 3.63) is 85.3 Å². The Morgan fingerprint density at radius 3 is 1.00 bits per heavy atom. The third-order valence-corrected chi connectivity index (χ3v) is 3.62. The number of hydrogen-bond acceptors (Lipinski definition) is 9. The van der Waals surface area contributed by atoms with E-state index in [1.807, 2.05) is 20.8 Å². The Bertz CT molecular complexity index is 986. The molecule has 0 saturated carbocycles. The smallest absolute Gasteiger partial charge is 0.380 e. The van der Waals surface area contributed by atoms with E-state index in [0.717, 1.165) is 0 Å². The van der Waals surface area contributed by atoms with Gasteiger partial charge in [0.05, 0.1) is 18.6 Å². The molecule has 31 heavy (non-hydrogen) atoms. The zero-order chi connectivity index (χ0) is 22.7. The second-order valence-electron chi connectivity index (χ2n) is 5.70. The van der Waals surface area contributed by atoms with E-state index in [1.165, 1.54) is 18.6 Å². The van der Waals surface area contributed by atoms with Crippen LogP contribution in [0.5, 0.6) is 0 Å². The van der Waals surface area contributed by atoms with E-state index in [0.29, 0.717) is 50.5 Å². The SMILES string of the molecule is CCc1ccn(O)c(=O)n1.CCc1ccn(O)c(=O)n1.CCc1ccn(O)c(=O)n1.[Fe]. The van der Waals surface area contributed by atoms with E-state index >= 15 is 0 Å². The van der Waals surface area contributed by atoms with Crippen LogP contribution < -0.4 is 17.1 Å². The molecule has 12 nitrogen and oxygen atoms in total. The van der Waals surface area contributed by atoms with Gasteiger partial charge in [-0.05, 0) is 37.5 Å². The minimum Gasteiger partial charge on any atom is -0.424 e. The van der Waals surface area contributed by atoms with Gasteiger partial charge in [0.15, 0.2) is 0 Å². The van der Waals surface area contributed by atoms with Crippen molar-refractivity contribution < 1.29 is 32.7 Å². The molecular formula is C18H24FeN6O6. The fourth-order valence-electron chi connectivity index (χ4n) is 1.89. The maximum absolute atomic E-state index is 10.6. The van der Waals surface area contributed by atoms with Crippen LogP contribution in [0.2, 0.25) is 0 Å². The van der Waals surface area contributed by atoms with Crippen LogP contribution in [0, 0.1) is 0 Å². The Balaban J connectivity index is 0.000000429. The quantitative estimate of drug-likeness (QED) is 0.352. The predicted molar refractivity (Wildman–Crippen MR) is 105 cm³/mol. The number of aromatic nitrogens is 6. The van der Waals surface area contributed by atoms with Gasteiger partial charge in [-0.1, -0.05) is 20.8 Å². The first-order valence-corrected chi connectivity index (χ1v) is 9.05. The first-order chi connectivity index (χ1) is 14.2. The Morgan fingerprint density at radius 2 is 0.839 bits per heavy atom. The minimum absolute atomic E-state index is 0. The van der Waals surface area contributed by atoms with Crippen molar-refractivity contribution in [1.29, 1.82) is 0 Å². The molecular weight excluding hydrogens is 452 g/mol. The predicted octanol–water partition coefficient (Wildman–Crippen LogP) is 0.127. The van der Waals surface area contributed by atoms with Crippen molar-refractivity contribution in [2.75, 3.05) is 0 Å². The van der Waals surface area contributed by atoms with Gasteiger partial charge >= 0.3 is 17.1 Å². The standard InChI is InChI=1S/3C6H8N2O2.Fe/c3*1-2-5-3-4-8(10)6(9)7-5;/h3*3-4,10H,2H2,1H3;. The van der Waals surface area contributed by atoms with Gasteiger partial charge in [0, 0.05) is 34.2 Å². The van der Waals surface area contributed by atoms with Gasteiger partial charge in [-0.15, -0.1) is 14.2 Å². The van der Waals surface area contributed by atoms with Crippen molar-refractivity contribution >= 4 is 0 Å². The fraction of sp³-hybridized carbons (Fsp3) is 0.333. The second kappa shape index (κ2) is 13.7. The molecule has 13 heteroatoms. The number of hydrogen-bond donors (Lipinski definition) is 3. The minimum atomic E-state index is -0.626. The summed E-state index contributed by atoms with van der Waals surface area (Å²) in [5, 5.41) is 26.0. The average Bonchev–Trinajstić information content (AvgIpc) is 2.75. The van der Waals surface area contributed by atoms with E-state index in [9.17, 15) is 14.4 Å². The molecule has 0 amide bonds. The number of rotatable bonds is 3. The van der Waals surface area contributed by atoms with Gasteiger partial charge in [0.1, 0.15) is 0 Å². The van der Waals surface area contributed by atoms with E-state index in [-0.39, 0.29) is 17.1 Å². The number of nitrogens with zero attached hydrogens (tertiary/aromatic N) is 6. The van der Waals surface area contributed by atoms with Crippen molar-refractivity contribution in [1.82, 2.24) is 29.1 Å². The van der Waals surface area contributed by atoms with Gasteiger partial charge in [-0.3, -0.25) is 0 Å². The van der Waals surface area contributed by atoms with Gasteiger partial charge in [-0.25, -0.2) is 14.4 Å². The van der Waals surface area contributed by atoms with Crippen LogP contribution in [-0.2, 0) is 36.3 Å². The Morgan fingerprint density at radius 1 is 0.613 bits per heavy atom. The van der Waals surface area contributed by atoms with Crippen molar-refractivity contribution in [2.24, 2.45) is 0 Å². The molecule has 0 atom stereocenters. The van der Waals surface area contributed by atoms with Crippen molar-refractivity contribution in [3.63, 3.8) is 0 Å². The molecule has 0 aromatic carbocycles. The maximum atomic E-state index is 10.6. The van der Waals surface area contributed by atoms with Gasteiger partial charge in [-0.2, -0.15) is 15.0 Å². The summed E-state index contributed by atoms with van der Waals surface area (Å²) < 4.78 is 1.37. The molecule has 0 aliphatic heterocycles. The third-order valence-electron chi connectivity index (χ3n) is 3.62. The first-order valence-electron chi connectivity index (χ1n) is 9.05. The van der Waals surface area contributed by atoms with Gasteiger partial charge in [0.2, 0.25) is 0 Å². The van der Waals surface area contributed by atoms with E-state index < -0.39 is 17.1 Å². The zero-order valence-electron chi connectivity index (χ0n) is 17.2. The molecule has 3 rings (SSSR count). The Labute approximate surface area is 187 Å². The third kappa shape index (κ3) is 9.28. The maximum Gasteiger partial charge on any atom is 0.380 e. The largest absolute Gasteiger partial charge is 0.424 e. The Hall–Kier alpha value is -3.44. The molecule has 0 fully saturated rings. The molecule has 0 aliphatic rings. The molecule has 0 saturated heterocycles. The summed E-state index contributed by atoms with van der Waals surface area (Å²) in [6, 6.07) is 4.80. The molecule has 3 heterocycles.